The number of hydrogen-bond acceptors (Lipinski definition) is 6. The van der Waals surface area contributed by atoms with Gasteiger partial charge < -0.3 is 10.3 Å². The van der Waals surface area contributed by atoms with Gasteiger partial charge in [-0.15, -0.1) is 11.3 Å². The molecule has 0 aliphatic heterocycles. The molecule has 0 amide bonds. The molecule has 2 aromatic heterocycles. The first-order chi connectivity index (χ1) is 8.69. The monoisotopic (exact) mass is 266 g/mol. The van der Waals surface area contributed by atoms with Crippen LogP contribution in [-0.4, -0.2) is 21.7 Å². The standard InChI is InChI=1S/C12H18N4OS/c1-8(4-3-5-13)12-15-11(16-17-12)6-10-7-18-9(2)14-10/h7-8H,3-6,13H2,1-2H3. The second-order valence-corrected chi connectivity index (χ2v) is 5.48. The van der Waals surface area contributed by atoms with Crippen LogP contribution in [0.1, 0.15) is 48.1 Å². The minimum atomic E-state index is 0.270. The summed E-state index contributed by atoms with van der Waals surface area (Å²) in [4.78, 5) is 8.80. The van der Waals surface area contributed by atoms with Crippen LogP contribution in [-0.2, 0) is 6.42 Å². The van der Waals surface area contributed by atoms with Crippen LogP contribution < -0.4 is 5.73 Å². The minimum absolute atomic E-state index is 0.270. The number of nitrogens with zero attached hydrogens (tertiary/aromatic N) is 3. The molecule has 0 spiro atoms. The van der Waals surface area contributed by atoms with E-state index in [9.17, 15) is 0 Å². The van der Waals surface area contributed by atoms with Crippen molar-refractivity contribution in [3.63, 3.8) is 0 Å². The van der Waals surface area contributed by atoms with Gasteiger partial charge in [-0.2, -0.15) is 4.98 Å². The summed E-state index contributed by atoms with van der Waals surface area (Å²) in [5.41, 5.74) is 6.49. The van der Waals surface area contributed by atoms with E-state index in [2.05, 4.69) is 22.0 Å². The van der Waals surface area contributed by atoms with Gasteiger partial charge in [-0.05, 0) is 26.3 Å². The molecule has 1 unspecified atom stereocenters. The van der Waals surface area contributed by atoms with E-state index in [-0.39, 0.29) is 5.92 Å². The molecule has 5 nitrogen and oxygen atoms in total. The van der Waals surface area contributed by atoms with Gasteiger partial charge in [-0.3, -0.25) is 0 Å². The molecular weight excluding hydrogens is 248 g/mol. The Kier molecular flexibility index (Phi) is 4.43. The van der Waals surface area contributed by atoms with E-state index >= 15 is 0 Å². The Morgan fingerprint density at radius 1 is 1.44 bits per heavy atom. The van der Waals surface area contributed by atoms with E-state index in [0.717, 1.165) is 23.5 Å². The van der Waals surface area contributed by atoms with Gasteiger partial charge in [-0.25, -0.2) is 4.98 Å². The molecule has 2 N–H and O–H groups in total. The largest absolute Gasteiger partial charge is 0.339 e. The summed E-state index contributed by atoms with van der Waals surface area (Å²) in [6, 6.07) is 0. The fourth-order valence-corrected chi connectivity index (χ4v) is 2.35. The Morgan fingerprint density at radius 2 is 2.28 bits per heavy atom. The summed E-state index contributed by atoms with van der Waals surface area (Å²) >= 11 is 1.64. The third-order valence-electron chi connectivity index (χ3n) is 2.75. The third kappa shape index (κ3) is 3.36. The van der Waals surface area contributed by atoms with Crippen molar-refractivity contribution < 1.29 is 4.52 Å². The lowest BCUT2D eigenvalue weighted by Gasteiger charge is -2.03. The van der Waals surface area contributed by atoms with Crippen LogP contribution in [0.5, 0.6) is 0 Å². The summed E-state index contributed by atoms with van der Waals surface area (Å²) < 4.78 is 5.28. The Bertz CT molecular complexity index is 494. The van der Waals surface area contributed by atoms with Crippen molar-refractivity contribution in [3.8, 4) is 0 Å². The van der Waals surface area contributed by atoms with Gasteiger partial charge >= 0.3 is 0 Å². The van der Waals surface area contributed by atoms with Crippen LogP contribution in [0.3, 0.4) is 0 Å². The van der Waals surface area contributed by atoms with Crippen molar-refractivity contribution in [1.82, 2.24) is 15.1 Å². The molecule has 0 aliphatic carbocycles. The molecule has 2 heterocycles. The van der Waals surface area contributed by atoms with Gasteiger partial charge in [0.1, 0.15) is 0 Å². The van der Waals surface area contributed by atoms with Crippen molar-refractivity contribution in [3.05, 3.63) is 27.8 Å². The van der Waals surface area contributed by atoms with E-state index in [1.54, 1.807) is 11.3 Å². The van der Waals surface area contributed by atoms with Gasteiger partial charge in [0, 0.05) is 11.3 Å². The maximum absolute atomic E-state index is 5.49. The second-order valence-electron chi connectivity index (χ2n) is 4.42. The highest BCUT2D eigenvalue weighted by Gasteiger charge is 2.14. The number of aromatic nitrogens is 3. The molecule has 2 aromatic rings. The lowest BCUT2D eigenvalue weighted by molar-refractivity contribution is 0.348. The van der Waals surface area contributed by atoms with Crippen LogP contribution in [0.25, 0.3) is 0 Å². The lowest BCUT2D eigenvalue weighted by atomic mass is 10.1. The van der Waals surface area contributed by atoms with Crippen molar-refractivity contribution >= 4 is 11.3 Å². The van der Waals surface area contributed by atoms with Crippen LogP contribution in [0.4, 0.5) is 0 Å². The van der Waals surface area contributed by atoms with Crippen molar-refractivity contribution in [2.24, 2.45) is 5.73 Å². The highest BCUT2D eigenvalue weighted by Crippen LogP contribution is 2.19. The van der Waals surface area contributed by atoms with Gasteiger partial charge in [0.05, 0.1) is 17.1 Å². The molecule has 2 rings (SSSR count). The van der Waals surface area contributed by atoms with Crippen molar-refractivity contribution in [1.29, 1.82) is 0 Å². The van der Waals surface area contributed by atoms with Crippen LogP contribution in [0, 0.1) is 6.92 Å². The van der Waals surface area contributed by atoms with Crippen LogP contribution in [0.15, 0.2) is 9.90 Å². The smallest absolute Gasteiger partial charge is 0.229 e. The molecule has 6 heteroatoms. The zero-order valence-electron chi connectivity index (χ0n) is 10.7. The normalized spacial score (nSPS) is 12.8. The molecule has 0 saturated heterocycles. The Hall–Kier alpha value is -1.27. The molecular formula is C12H18N4OS. The van der Waals surface area contributed by atoms with Gasteiger partial charge in [-0.1, -0.05) is 12.1 Å². The van der Waals surface area contributed by atoms with Crippen molar-refractivity contribution in [2.45, 2.75) is 39.0 Å². The molecule has 1 atom stereocenters. The Labute approximate surface area is 110 Å². The molecule has 0 aromatic carbocycles. The van der Waals surface area contributed by atoms with E-state index in [0.29, 0.717) is 24.7 Å². The first-order valence-corrected chi connectivity index (χ1v) is 7.00. The summed E-state index contributed by atoms with van der Waals surface area (Å²) in [6.07, 6.45) is 2.59. The lowest BCUT2D eigenvalue weighted by Crippen LogP contribution is -2.02. The fourth-order valence-electron chi connectivity index (χ4n) is 1.74. The SMILES string of the molecule is Cc1nc(Cc2noc(C(C)CCCN)n2)cs1. The first-order valence-electron chi connectivity index (χ1n) is 6.12. The third-order valence-corrected chi connectivity index (χ3v) is 3.57. The highest BCUT2D eigenvalue weighted by molar-refractivity contribution is 7.09. The molecule has 0 fully saturated rings. The number of hydrogen-bond donors (Lipinski definition) is 1. The van der Waals surface area contributed by atoms with E-state index in [1.807, 2.05) is 12.3 Å². The van der Waals surface area contributed by atoms with Gasteiger partial charge in [0.15, 0.2) is 5.82 Å². The molecule has 18 heavy (non-hydrogen) atoms. The summed E-state index contributed by atoms with van der Waals surface area (Å²) in [5, 5.41) is 7.09. The van der Waals surface area contributed by atoms with E-state index < -0.39 is 0 Å². The van der Waals surface area contributed by atoms with Gasteiger partial charge in [0.2, 0.25) is 5.89 Å². The van der Waals surface area contributed by atoms with Crippen molar-refractivity contribution in [2.75, 3.05) is 6.54 Å². The maximum atomic E-state index is 5.49. The molecule has 0 saturated carbocycles. The second kappa shape index (κ2) is 6.06. The average molecular weight is 266 g/mol. The average Bonchev–Trinajstić information content (AvgIpc) is 2.96. The fraction of sp³-hybridized carbons (Fsp3) is 0.583. The predicted octanol–water partition coefficient (Wildman–Crippen LogP) is 2.27. The molecule has 0 bridgehead atoms. The van der Waals surface area contributed by atoms with E-state index in [4.69, 9.17) is 10.3 Å². The van der Waals surface area contributed by atoms with E-state index in [1.165, 1.54) is 0 Å². The van der Waals surface area contributed by atoms with Crippen LogP contribution in [0.2, 0.25) is 0 Å². The number of aryl methyl sites for hydroxylation is 1. The summed E-state index contributed by atoms with van der Waals surface area (Å²) in [5.74, 6) is 1.67. The molecule has 0 aliphatic rings. The maximum Gasteiger partial charge on any atom is 0.229 e. The zero-order valence-corrected chi connectivity index (χ0v) is 11.5. The van der Waals surface area contributed by atoms with Gasteiger partial charge in [0.25, 0.3) is 0 Å². The molecule has 0 radical (unpaired) electrons. The minimum Gasteiger partial charge on any atom is -0.339 e. The molecule has 98 valence electrons. The number of rotatable bonds is 6. The topological polar surface area (TPSA) is 77.8 Å². The number of thiazole rings is 1. The first kappa shape index (κ1) is 13.2. The predicted molar refractivity (Wildman–Crippen MR) is 70.7 cm³/mol. The highest BCUT2D eigenvalue weighted by atomic mass is 32.1. The van der Waals surface area contributed by atoms with Crippen LogP contribution >= 0.6 is 11.3 Å². The Morgan fingerprint density at radius 3 is 2.94 bits per heavy atom. The summed E-state index contributed by atoms with van der Waals surface area (Å²) in [7, 11) is 0. The number of nitrogens with two attached hydrogens (primary N) is 1. The quantitative estimate of drug-likeness (QED) is 0.867. The Balaban J connectivity index is 1.97. The summed E-state index contributed by atoms with van der Waals surface area (Å²) in [6.45, 7) is 4.77. The zero-order chi connectivity index (χ0) is 13.0.